The van der Waals surface area contributed by atoms with E-state index in [0.717, 1.165) is 63.2 Å². The highest BCUT2D eigenvalue weighted by atomic mass is 16.6. The second-order valence-electron chi connectivity index (χ2n) is 18.5. The number of benzene rings is 4. The normalized spacial score (nSPS) is 11.4. The Balaban J connectivity index is 0.000000203. The first-order valence-corrected chi connectivity index (χ1v) is 24.4. The zero-order valence-corrected chi connectivity index (χ0v) is 43.1. The van der Waals surface area contributed by atoms with Gasteiger partial charge < -0.3 is 32.9 Å². The number of nitrogens with zero attached hydrogens (tertiary/aromatic N) is 12. The molecule has 4 aromatic carbocycles. The highest BCUT2D eigenvalue weighted by molar-refractivity contribution is 5.93. The number of aryl methyl sites for hydroxylation is 5. The number of rotatable bonds is 18. The number of hydrogen-bond acceptors (Lipinski definition) is 15. The molecule has 0 saturated carbocycles. The minimum Gasteiger partial charge on any atom is -0.477 e. The van der Waals surface area contributed by atoms with E-state index in [2.05, 4.69) is 49.3 Å². The fraction of sp³-hybridized carbons (Fsp3) is 0.291. The van der Waals surface area contributed by atoms with Crippen LogP contribution in [0.2, 0.25) is 0 Å². The van der Waals surface area contributed by atoms with Crippen LogP contribution in [0.3, 0.4) is 0 Å². The minimum atomic E-state index is -1.36. The van der Waals surface area contributed by atoms with E-state index in [0.29, 0.717) is 60.4 Å². The standard InChI is InChI=1S/C30H30N6O5.C25H28N6O3/c1-6-9-25-31-26(18(2)3)27(29(37)39-17-24-19(4)40-30(38)41-24)36(25)16-20-12-14-21(15-13-20)22-10-7-8-11-23(22)28-32-34-35(5)33-28;1-5-8-20-26-22(25(2,3)34)21(24(32)33)31(20)15-16-11-13-17(14-12-16)18-9-6-7-10-19(18)23-27-29-30(4)28-23/h7-8,10-15H,2,6,9,16-17H2,1,3-5H3;6-7,9-14,34H,5,8,15H2,1-4H3,(H,32,33). The van der Waals surface area contributed by atoms with E-state index in [1.807, 2.05) is 109 Å². The van der Waals surface area contributed by atoms with Crippen LogP contribution in [-0.2, 0) is 57.0 Å². The molecule has 75 heavy (non-hydrogen) atoms. The molecule has 0 atom stereocenters. The van der Waals surface area contributed by atoms with Crippen LogP contribution in [0.5, 0.6) is 0 Å². The zero-order chi connectivity index (χ0) is 53.6. The van der Waals surface area contributed by atoms with E-state index in [1.54, 1.807) is 46.4 Å². The predicted octanol–water partition coefficient (Wildman–Crippen LogP) is 8.65. The van der Waals surface area contributed by atoms with E-state index in [9.17, 15) is 24.6 Å². The average molecular weight is 1020 g/mol. The van der Waals surface area contributed by atoms with Crippen LogP contribution in [0.25, 0.3) is 50.6 Å². The summed E-state index contributed by atoms with van der Waals surface area (Å²) in [5.74, 6) is 0.395. The number of carboxylic acid groups (broad SMARTS) is 1. The number of carboxylic acids is 1. The molecule has 9 aromatic rings. The summed E-state index contributed by atoms with van der Waals surface area (Å²) in [6.07, 6.45) is 2.94. The molecule has 0 aliphatic carbocycles. The zero-order valence-electron chi connectivity index (χ0n) is 43.1. The summed E-state index contributed by atoms with van der Waals surface area (Å²) in [6, 6.07) is 31.8. The average Bonchev–Trinajstić information content (AvgIpc) is 4.23. The van der Waals surface area contributed by atoms with Crippen molar-refractivity contribution in [3.8, 4) is 45.0 Å². The number of ether oxygens (including phenoxy) is 1. The predicted molar refractivity (Wildman–Crippen MR) is 278 cm³/mol. The van der Waals surface area contributed by atoms with Crippen molar-refractivity contribution in [2.45, 2.75) is 92.5 Å². The second-order valence-corrected chi connectivity index (χ2v) is 18.5. The number of aromatic nitrogens is 12. The first-order chi connectivity index (χ1) is 35.9. The monoisotopic (exact) mass is 1010 g/mol. The van der Waals surface area contributed by atoms with Crippen LogP contribution >= 0.6 is 0 Å². The van der Waals surface area contributed by atoms with E-state index < -0.39 is 23.4 Å². The Morgan fingerprint density at radius 2 is 1.16 bits per heavy atom. The molecule has 0 bridgehead atoms. The Hall–Kier alpha value is -8.91. The third-order valence-electron chi connectivity index (χ3n) is 12.2. The number of esters is 1. The van der Waals surface area contributed by atoms with E-state index in [1.165, 1.54) is 9.59 Å². The smallest absolute Gasteiger partial charge is 0.477 e. The first-order valence-electron chi connectivity index (χ1n) is 24.4. The third kappa shape index (κ3) is 11.8. The summed E-state index contributed by atoms with van der Waals surface area (Å²) in [6.45, 7) is 15.1. The van der Waals surface area contributed by atoms with Gasteiger partial charge in [0.2, 0.25) is 11.6 Å². The van der Waals surface area contributed by atoms with E-state index in [-0.39, 0.29) is 29.5 Å². The van der Waals surface area contributed by atoms with Gasteiger partial charge in [0.05, 0.1) is 19.8 Å². The maximum absolute atomic E-state index is 13.4. The molecule has 0 saturated heterocycles. The van der Waals surface area contributed by atoms with Gasteiger partial charge in [-0.25, -0.2) is 24.4 Å². The van der Waals surface area contributed by atoms with Gasteiger partial charge in [0.15, 0.2) is 29.5 Å². The van der Waals surface area contributed by atoms with Crippen molar-refractivity contribution in [2.24, 2.45) is 14.1 Å². The Morgan fingerprint density at radius 3 is 1.56 bits per heavy atom. The molecule has 9 rings (SSSR count). The molecule has 5 aromatic heterocycles. The Labute approximate surface area is 432 Å². The van der Waals surface area contributed by atoms with E-state index in [4.69, 9.17) is 18.6 Å². The van der Waals surface area contributed by atoms with Crippen molar-refractivity contribution in [2.75, 3.05) is 0 Å². The molecular formula is C55H58N12O8. The van der Waals surface area contributed by atoms with Crippen LogP contribution in [0.4, 0.5) is 0 Å². The molecule has 0 amide bonds. The Bertz CT molecular complexity index is 3550. The molecule has 20 nitrogen and oxygen atoms in total. The topological polar surface area (TPSA) is 250 Å². The van der Waals surface area contributed by atoms with Crippen molar-refractivity contribution in [1.29, 1.82) is 0 Å². The van der Waals surface area contributed by atoms with Gasteiger partial charge in [-0.1, -0.05) is 117 Å². The van der Waals surface area contributed by atoms with Gasteiger partial charge in [-0.05, 0) is 89.9 Å². The number of allylic oxidation sites excluding steroid dienone is 1. The molecule has 0 fully saturated rings. The van der Waals surface area contributed by atoms with Gasteiger partial charge in [-0.2, -0.15) is 9.59 Å². The number of carbonyl (C=O) groups excluding carboxylic acids is 1. The summed E-state index contributed by atoms with van der Waals surface area (Å²) in [4.78, 5) is 49.1. The van der Waals surface area contributed by atoms with Crippen LogP contribution in [0, 0.1) is 6.92 Å². The van der Waals surface area contributed by atoms with Crippen LogP contribution in [-0.4, -0.2) is 81.7 Å². The van der Waals surface area contributed by atoms with E-state index >= 15 is 0 Å². The third-order valence-corrected chi connectivity index (χ3v) is 12.2. The summed E-state index contributed by atoms with van der Waals surface area (Å²) >= 11 is 0. The van der Waals surface area contributed by atoms with Crippen molar-refractivity contribution in [1.82, 2.24) is 59.5 Å². The maximum atomic E-state index is 13.4. The minimum absolute atomic E-state index is 0.0269. The van der Waals surface area contributed by atoms with Gasteiger partial charge in [0.25, 0.3) is 0 Å². The molecule has 2 N–H and O–H groups in total. The van der Waals surface area contributed by atoms with Gasteiger partial charge in [-0.15, -0.1) is 20.4 Å². The fourth-order valence-electron chi connectivity index (χ4n) is 8.61. The van der Waals surface area contributed by atoms with Crippen molar-refractivity contribution in [3.63, 3.8) is 0 Å². The molecule has 0 spiro atoms. The lowest BCUT2D eigenvalue weighted by atomic mass is 9.98. The summed E-state index contributed by atoms with van der Waals surface area (Å²) in [5, 5.41) is 45.3. The van der Waals surface area contributed by atoms with Gasteiger partial charge in [-0.3, -0.25) is 0 Å². The van der Waals surface area contributed by atoms with Crippen LogP contribution in [0.1, 0.15) is 114 Å². The SMILES string of the molecule is C=C(C)c1nc(CCC)n(Cc2ccc(-c3ccccc3-c3nnn(C)n3)cc2)c1C(=O)OCc1oc(=O)oc1C.CCCc1nc(C(C)(C)O)c(C(=O)O)n1Cc1ccc(-c2ccccc2-c2nnn(C)n2)cc1. The van der Waals surface area contributed by atoms with Crippen molar-refractivity contribution in [3.05, 3.63) is 171 Å². The summed E-state index contributed by atoms with van der Waals surface area (Å²) in [7, 11) is 3.46. The molecule has 0 aliphatic heterocycles. The lowest BCUT2D eigenvalue weighted by molar-refractivity contribution is 0.0429. The quantitative estimate of drug-likeness (QED) is 0.0763. The second kappa shape index (κ2) is 22.5. The fourth-order valence-corrected chi connectivity index (χ4v) is 8.61. The molecule has 5 heterocycles. The molecule has 0 radical (unpaired) electrons. The molecule has 0 aliphatic rings. The number of carbonyl (C=O) groups is 2. The highest BCUT2D eigenvalue weighted by Gasteiger charge is 2.32. The molecular weight excluding hydrogens is 957 g/mol. The number of hydrogen-bond donors (Lipinski definition) is 2. The number of imidazole rings is 2. The summed E-state index contributed by atoms with van der Waals surface area (Å²) < 4.78 is 19.0. The molecule has 20 heteroatoms. The molecule has 0 unspecified atom stereocenters. The van der Waals surface area contributed by atoms with Gasteiger partial charge in [0.1, 0.15) is 22.9 Å². The largest absolute Gasteiger partial charge is 0.519 e. The lowest BCUT2D eigenvalue weighted by Crippen LogP contribution is -2.22. The van der Waals surface area contributed by atoms with Crippen molar-refractivity contribution >= 4 is 17.5 Å². The Morgan fingerprint density at radius 1 is 0.693 bits per heavy atom. The lowest BCUT2D eigenvalue weighted by Gasteiger charge is -2.16. The maximum Gasteiger partial charge on any atom is 0.519 e. The summed E-state index contributed by atoms with van der Waals surface area (Å²) in [5.41, 5.74) is 7.88. The van der Waals surface area contributed by atoms with Crippen LogP contribution in [0.15, 0.2) is 117 Å². The number of tetrazole rings is 2. The number of aromatic carboxylic acids is 1. The van der Waals surface area contributed by atoms with Gasteiger partial charge in [0, 0.05) is 37.1 Å². The molecule has 386 valence electrons. The first kappa shape index (κ1) is 52.4. The number of aliphatic hydroxyl groups is 1. The van der Waals surface area contributed by atoms with Gasteiger partial charge >= 0.3 is 17.8 Å². The van der Waals surface area contributed by atoms with Crippen molar-refractivity contribution < 1.29 is 33.4 Å². The van der Waals surface area contributed by atoms with Crippen LogP contribution < -0.4 is 5.82 Å². The Kier molecular flexibility index (Phi) is 15.7. The highest BCUT2D eigenvalue weighted by Crippen LogP contribution is 2.33.